The van der Waals surface area contributed by atoms with E-state index in [1.54, 1.807) is 11.3 Å². The molecule has 2 aliphatic rings. The van der Waals surface area contributed by atoms with E-state index in [1.807, 2.05) is 32.3 Å². The summed E-state index contributed by atoms with van der Waals surface area (Å²) in [7, 11) is 0. The average molecular weight is 445 g/mol. The number of aromatic nitrogens is 4. The predicted octanol–water partition coefficient (Wildman–Crippen LogP) is 5.67. The molecular formula is C24H36N4O2S. The van der Waals surface area contributed by atoms with E-state index in [4.69, 9.17) is 4.74 Å². The van der Waals surface area contributed by atoms with E-state index >= 15 is 0 Å². The Labute approximate surface area is 189 Å². The van der Waals surface area contributed by atoms with Crippen LogP contribution in [0, 0.1) is 11.8 Å². The molecule has 6 nitrogen and oxygen atoms in total. The second-order valence-electron chi connectivity index (χ2n) is 10.8. The van der Waals surface area contributed by atoms with Crippen LogP contribution in [0.5, 0.6) is 0 Å². The highest BCUT2D eigenvalue weighted by Crippen LogP contribution is 2.48. The molecule has 0 radical (unpaired) electrons. The number of carbonyl (C=O) groups excluding carboxylic acids is 1. The van der Waals surface area contributed by atoms with Crippen LogP contribution in [-0.4, -0.2) is 31.3 Å². The zero-order valence-electron chi connectivity index (χ0n) is 19.5. The minimum absolute atomic E-state index is 0.0608. The number of esters is 1. The summed E-state index contributed by atoms with van der Waals surface area (Å²) in [5.41, 5.74) is -0.491. The second-order valence-corrected chi connectivity index (χ2v) is 11.8. The van der Waals surface area contributed by atoms with Crippen molar-refractivity contribution in [1.29, 1.82) is 0 Å². The maximum Gasteiger partial charge on any atom is 0.307 e. The fourth-order valence-corrected chi connectivity index (χ4v) is 5.49. The van der Waals surface area contributed by atoms with Crippen LogP contribution in [0.3, 0.4) is 0 Å². The Bertz CT molecular complexity index is 874. The second kappa shape index (κ2) is 9.00. The molecule has 0 N–H and O–H groups in total. The summed E-state index contributed by atoms with van der Waals surface area (Å²) in [6.07, 6.45) is 8.91. The van der Waals surface area contributed by atoms with Gasteiger partial charge in [-0.3, -0.25) is 4.79 Å². The highest BCUT2D eigenvalue weighted by Gasteiger charge is 2.40. The van der Waals surface area contributed by atoms with Gasteiger partial charge in [0.25, 0.3) is 0 Å². The number of rotatable bonds is 9. The van der Waals surface area contributed by atoms with Crippen LogP contribution in [0.1, 0.15) is 108 Å². The van der Waals surface area contributed by atoms with Crippen molar-refractivity contribution in [1.82, 2.24) is 19.7 Å². The first kappa shape index (κ1) is 22.4. The van der Waals surface area contributed by atoms with Gasteiger partial charge in [-0.05, 0) is 64.7 Å². The van der Waals surface area contributed by atoms with Crippen molar-refractivity contribution in [3.63, 3.8) is 0 Å². The summed E-state index contributed by atoms with van der Waals surface area (Å²) >= 11 is 1.63. The molecule has 4 rings (SSSR count). The number of hydrogen-bond donors (Lipinski definition) is 0. The zero-order valence-corrected chi connectivity index (χ0v) is 20.3. The van der Waals surface area contributed by atoms with Gasteiger partial charge in [0.05, 0.1) is 11.4 Å². The van der Waals surface area contributed by atoms with Gasteiger partial charge in [0, 0.05) is 35.9 Å². The van der Waals surface area contributed by atoms with Crippen LogP contribution in [-0.2, 0) is 16.0 Å². The molecule has 1 atom stereocenters. The molecule has 2 aliphatic carbocycles. The minimum Gasteiger partial charge on any atom is -0.460 e. The summed E-state index contributed by atoms with van der Waals surface area (Å²) in [6.45, 7) is 10.3. The Morgan fingerprint density at radius 3 is 2.58 bits per heavy atom. The Balaban J connectivity index is 1.56. The van der Waals surface area contributed by atoms with Gasteiger partial charge in [-0.25, -0.2) is 4.98 Å². The maximum absolute atomic E-state index is 12.7. The standard InChI is InChI=1S/C24H36N4O2S/c1-15(2)10-16-11-17(12-16)22-26-27-23(28(22)19-6-7-19)18(13-20-25-8-9-31-20)14-21(29)30-24(3,4)5/h8-9,15-19H,6-7,10-14H2,1-5H3/t16-,17+,18?. The highest BCUT2D eigenvalue weighted by atomic mass is 32.1. The van der Waals surface area contributed by atoms with Crippen LogP contribution < -0.4 is 0 Å². The molecule has 0 aromatic carbocycles. The number of carbonyl (C=O) groups is 1. The molecule has 2 aromatic rings. The topological polar surface area (TPSA) is 69.9 Å². The third-order valence-corrected chi connectivity index (χ3v) is 6.97. The molecule has 2 fully saturated rings. The SMILES string of the molecule is CC(C)C[C@H]1C[C@@H](c2nnc(C(CC(=O)OC(C)(C)C)Cc3nccs3)n2C2CC2)C1. The van der Waals surface area contributed by atoms with E-state index in [1.165, 1.54) is 32.1 Å². The molecule has 2 saturated carbocycles. The van der Waals surface area contributed by atoms with Crippen molar-refractivity contribution in [2.75, 3.05) is 0 Å². The molecular weight excluding hydrogens is 408 g/mol. The summed E-state index contributed by atoms with van der Waals surface area (Å²) in [5.74, 6) is 3.92. The van der Waals surface area contributed by atoms with Gasteiger partial charge in [0.1, 0.15) is 17.2 Å². The smallest absolute Gasteiger partial charge is 0.307 e. The fourth-order valence-electron chi connectivity index (χ4n) is 4.79. The molecule has 0 spiro atoms. The van der Waals surface area contributed by atoms with Gasteiger partial charge < -0.3 is 9.30 Å². The quantitative estimate of drug-likeness (QED) is 0.466. The predicted molar refractivity (Wildman–Crippen MR) is 122 cm³/mol. The van der Waals surface area contributed by atoms with E-state index < -0.39 is 5.60 Å². The zero-order chi connectivity index (χ0) is 22.2. The van der Waals surface area contributed by atoms with Crippen molar-refractivity contribution < 1.29 is 9.53 Å². The van der Waals surface area contributed by atoms with E-state index in [2.05, 4.69) is 33.6 Å². The van der Waals surface area contributed by atoms with Gasteiger partial charge in [0.15, 0.2) is 0 Å². The largest absolute Gasteiger partial charge is 0.460 e. The molecule has 170 valence electrons. The summed E-state index contributed by atoms with van der Waals surface area (Å²) in [6, 6.07) is 0.488. The molecule has 31 heavy (non-hydrogen) atoms. The molecule has 0 bridgehead atoms. The minimum atomic E-state index is -0.491. The molecule has 0 amide bonds. The van der Waals surface area contributed by atoms with Gasteiger partial charge in [-0.15, -0.1) is 21.5 Å². The molecule has 0 aliphatic heterocycles. The summed E-state index contributed by atoms with van der Waals surface area (Å²) in [5, 5.41) is 12.4. The normalized spacial score (nSPS) is 22.4. The van der Waals surface area contributed by atoms with Crippen molar-refractivity contribution in [2.24, 2.45) is 11.8 Å². The van der Waals surface area contributed by atoms with Crippen LogP contribution in [0.25, 0.3) is 0 Å². The Kier molecular flexibility index (Phi) is 6.52. The van der Waals surface area contributed by atoms with Crippen LogP contribution >= 0.6 is 11.3 Å². The van der Waals surface area contributed by atoms with Crippen LogP contribution in [0.15, 0.2) is 11.6 Å². The number of hydrogen-bond acceptors (Lipinski definition) is 6. The maximum atomic E-state index is 12.7. The summed E-state index contributed by atoms with van der Waals surface area (Å²) in [4.78, 5) is 17.2. The first-order chi connectivity index (χ1) is 14.7. The first-order valence-electron chi connectivity index (χ1n) is 11.7. The van der Waals surface area contributed by atoms with Gasteiger partial charge in [-0.1, -0.05) is 13.8 Å². The Morgan fingerprint density at radius 1 is 1.26 bits per heavy atom. The van der Waals surface area contributed by atoms with Crippen molar-refractivity contribution in [3.05, 3.63) is 28.2 Å². The highest BCUT2D eigenvalue weighted by molar-refractivity contribution is 7.09. The van der Waals surface area contributed by atoms with Gasteiger partial charge in [0.2, 0.25) is 0 Å². The average Bonchev–Trinajstić information content (AvgIpc) is 3.15. The lowest BCUT2D eigenvalue weighted by molar-refractivity contribution is -0.155. The number of thiazole rings is 1. The van der Waals surface area contributed by atoms with E-state index in [-0.39, 0.29) is 11.9 Å². The third kappa shape index (κ3) is 5.73. The van der Waals surface area contributed by atoms with Gasteiger partial charge >= 0.3 is 5.97 Å². The lowest BCUT2D eigenvalue weighted by atomic mass is 9.71. The van der Waals surface area contributed by atoms with Crippen molar-refractivity contribution in [2.45, 2.75) is 103 Å². The Hall–Kier alpha value is -1.76. The van der Waals surface area contributed by atoms with Gasteiger partial charge in [-0.2, -0.15) is 0 Å². The monoisotopic (exact) mass is 444 g/mol. The number of nitrogens with zero attached hydrogens (tertiary/aromatic N) is 4. The van der Waals surface area contributed by atoms with Crippen molar-refractivity contribution in [3.8, 4) is 0 Å². The molecule has 7 heteroatoms. The lowest BCUT2D eigenvalue weighted by Gasteiger charge is -2.36. The van der Waals surface area contributed by atoms with E-state index in [9.17, 15) is 4.79 Å². The first-order valence-corrected chi connectivity index (χ1v) is 12.6. The summed E-state index contributed by atoms with van der Waals surface area (Å²) < 4.78 is 8.04. The molecule has 0 saturated heterocycles. The third-order valence-electron chi connectivity index (χ3n) is 6.17. The fraction of sp³-hybridized carbons (Fsp3) is 0.750. The van der Waals surface area contributed by atoms with Crippen molar-refractivity contribution >= 4 is 17.3 Å². The van der Waals surface area contributed by atoms with E-state index in [0.717, 1.165) is 28.5 Å². The van der Waals surface area contributed by atoms with E-state index in [0.29, 0.717) is 24.8 Å². The molecule has 2 heterocycles. The lowest BCUT2D eigenvalue weighted by Crippen LogP contribution is -2.27. The molecule has 1 unspecified atom stereocenters. The molecule has 2 aromatic heterocycles. The van der Waals surface area contributed by atoms with Crippen LogP contribution in [0.2, 0.25) is 0 Å². The van der Waals surface area contributed by atoms with Crippen LogP contribution in [0.4, 0.5) is 0 Å². The number of ether oxygens (including phenoxy) is 1. The Morgan fingerprint density at radius 2 is 2.00 bits per heavy atom.